The Morgan fingerprint density at radius 3 is 2.44 bits per heavy atom. The van der Waals surface area contributed by atoms with Crippen molar-refractivity contribution in [1.29, 1.82) is 0 Å². The smallest absolute Gasteiger partial charge is 0.0569 e. The largest absolute Gasteiger partial charge is 0.374 e. The third kappa shape index (κ3) is 2.81. The van der Waals surface area contributed by atoms with Crippen molar-refractivity contribution in [3.05, 3.63) is 24.6 Å². The maximum Gasteiger partial charge on any atom is 0.0569 e. The summed E-state index contributed by atoms with van der Waals surface area (Å²) in [5.74, 6) is 0. The highest BCUT2D eigenvalue weighted by molar-refractivity contribution is 5.05. The summed E-state index contributed by atoms with van der Waals surface area (Å²) in [5.41, 5.74) is 2.61. The van der Waals surface area contributed by atoms with E-state index in [1.165, 1.54) is 69.6 Å². The Morgan fingerprint density at radius 1 is 1.00 bits per heavy atom. The van der Waals surface area contributed by atoms with Crippen molar-refractivity contribution >= 4 is 0 Å². The lowest BCUT2D eigenvalue weighted by atomic mass is 10.2. The van der Waals surface area contributed by atoms with Crippen LogP contribution in [0.1, 0.15) is 38.5 Å². The molecule has 0 aromatic carbocycles. The lowest BCUT2D eigenvalue weighted by Crippen LogP contribution is -2.31. The predicted molar refractivity (Wildman–Crippen MR) is 69.1 cm³/mol. The molecule has 2 heteroatoms. The second-order valence-corrected chi connectivity index (χ2v) is 5.06. The van der Waals surface area contributed by atoms with Gasteiger partial charge in [0.2, 0.25) is 0 Å². The first kappa shape index (κ1) is 11.6. The summed E-state index contributed by atoms with van der Waals surface area (Å²) in [6.07, 6.45) is 7.82. The van der Waals surface area contributed by atoms with Gasteiger partial charge in [0, 0.05) is 31.0 Å². The standard InChI is InChI=1S/C14H24N2/c1-13-8-4-3-5-11-16(13)12-14(2)15-9-6-7-10-15/h1-12H2. The van der Waals surface area contributed by atoms with Crippen molar-refractivity contribution in [1.82, 2.24) is 9.80 Å². The van der Waals surface area contributed by atoms with Crippen molar-refractivity contribution in [2.75, 3.05) is 26.2 Å². The van der Waals surface area contributed by atoms with E-state index in [1.807, 2.05) is 0 Å². The van der Waals surface area contributed by atoms with E-state index in [0.29, 0.717) is 0 Å². The third-order valence-electron chi connectivity index (χ3n) is 3.77. The highest BCUT2D eigenvalue weighted by Crippen LogP contribution is 2.21. The van der Waals surface area contributed by atoms with Crippen molar-refractivity contribution in [3.63, 3.8) is 0 Å². The van der Waals surface area contributed by atoms with Gasteiger partial charge in [0.25, 0.3) is 0 Å². The van der Waals surface area contributed by atoms with Crippen LogP contribution in [0.5, 0.6) is 0 Å². The number of hydrogen-bond acceptors (Lipinski definition) is 2. The van der Waals surface area contributed by atoms with Crippen LogP contribution in [-0.2, 0) is 0 Å². The first-order valence-corrected chi connectivity index (χ1v) is 6.63. The second-order valence-electron chi connectivity index (χ2n) is 5.06. The minimum absolute atomic E-state index is 0.999. The molecule has 2 saturated heterocycles. The van der Waals surface area contributed by atoms with Crippen LogP contribution in [0.3, 0.4) is 0 Å². The van der Waals surface area contributed by atoms with E-state index in [4.69, 9.17) is 0 Å². The van der Waals surface area contributed by atoms with E-state index in [0.717, 1.165) is 6.54 Å². The van der Waals surface area contributed by atoms with Gasteiger partial charge in [0.1, 0.15) is 0 Å². The predicted octanol–water partition coefficient (Wildman–Crippen LogP) is 2.99. The van der Waals surface area contributed by atoms with Gasteiger partial charge in [-0.3, -0.25) is 0 Å². The van der Waals surface area contributed by atoms with Gasteiger partial charge >= 0.3 is 0 Å². The van der Waals surface area contributed by atoms with E-state index >= 15 is 0 Å². The van der Waals surface area contributed by atoms with E-state index < -0.39 is 0 Å². The maximum absolute atomic E-state index is 4.24. The normalized spacial score (nSPS) is 22.4. The van der Waals surface area contributed by atoms with E-state index in [-0.39, 0.29) is 0 Å². The molecule has 0 radical (unpaired) electrons. The van der Waals surface area contributed by atoms with E-state index in [1.54, 1.807) is 0 Å². The zero-order chi connectivity index (χ0) is 11.4. The summed E-state index contributed by atoms with van der Waals surface area (Å²) in [6.45, 7) is 13.0. The molecule has 0 aromatic rings. The summed E-state index contributed by atoms with van der Waals surface area (Å²) in [7, 11) is 0. The van der Waals surface area contributed by atoms with Gasteiger partial charge in [-0.2, -0.15) is 0 Å². The molecule has 0 unspecified atom stereocenters. The van der Waals surface area contributed by atoms with Crippen molar-refractivity contribution < 1.29 is 0 Å². The molecule has 2 rings (SSSR count). The van der Waals surface area contributed by atoms with Crippen LogP contribution >= 0.6 is 0 Å². The van der Waals surface area contributed by atoms with Crippen LogP contribution in [0.2, 0.25) is 0 Å². The minimum Gasteiger partial charge on any atom is -0.374 e. The maximum atomic E-state index is 4.24. The summed E-state index contributed by atoms with van der Waals surface area (Å²) in [4.78, 5) is 4.88. The highest BCUT2D eigenvalue weighted by atomic mass is 15.2. The number of nitrogens with zero attached hydrogens (tertiary/aromatic N) is 2. The van der Waals surface area contributed by atoms with Crippen molar-refractivity contribution in [2.45, 2.75) is 38.5 Å². The van der Waals surface area contributed by atoms with Crippen LogP contribution in [0.25, 0.3) is 0 Å². The molecular formula is C14H24N2. The van der Waals surface area contributed by atoms with Crippen LogP contribution in [-0.4, -0.2) is 36.0 Å². The highest BCUT2D eigenvalue weighted by Gasteiger charge is 2.17. The lowest BCUT2D eigenvalue weighted by molar-refractivity contribution is 0.317. The van der Waals surface area contributed by atoms with Crippen molar-refractivity contribution in [3.8, 4) is 0 Å². The second kappa shape index (κ2) is 5.42. The SMILES string of the molecule is C=C(CN1CCCCCC1=C)N1CCCC1. The lowest BCUT2D eigenvalue weighted by Gasteiger charge is -2.29. The summed E-state index contributed by atoms with van der Waals surface area (Å²) >= 11 is 0. The third-order valence-corrected chi connectivity index (χ3v) is 3.77. The zero-order valence-electron chi connectivity index (χ0n) is 10.4. The molecule has 0 N–H and O–H groups in total. The fourth-order valence-corrected chi connectivity index (χ4v) is 2.67. The molecule has 2 fully saturated rings. The minimum atomic E-state index is 0.999. The van der Waals surface area contributed by atoms with E-state index in [2.05, 4.69) is 23.0 Å². The van der Waals surface area contributed by atoms with Crippen molar-refractivity contribution in [2.24, 2.45) is 0 Å². The molecule has 2 heterocycles. The monoisotopic (exact) mass is 220 g/mol. The van der Waals surface area contributed by atoms with Crippen LogP contribution in [0, 0.1) is 0 Å². The van der Waals surface area contributed by atoms with Crippen LogP contribution in [0.15, 0.2) is 24.6 Å². The summed E-state index contributed by atoms with van der Waals surface area (Å²) < 4.78 is 0. The molecule has 0 aromatic heterocycles. The Kier molecular flexibility index (Phi) is 3.92. The Morgan fingerprint density at radius 2 is 1.69 bits per heavy atom. The topological polar surface area (TPSA) is 6.48 Å². The quantitative estimate of drug-likeness (QED) is 0.721. The van der Waals surface area contributed by atoms with Gasteiger partial charge in [-0.25, -0.2) is 0 Å². The summed E-state index contributed by atoms with van der Waals surface area (Å²) in [5, 5.41) is 0. The zero-order valence-corrected chi connectivity index (χ0v) is 10.4. The van der Waals surface area contributed by atoms with Gasteiger partial charge in [-0.15, -0.1) is 0 Å². The molecular weight excluding hydrogens is 196 g/mol. The molecule has 0 amide bonds. The van der Waals surface area contributed by atoms with Crippen LogP contribution in [0.4, 0.5) is 0 Å². The van der Waals surface area contributed by atoms with Gasteiger partial charge in [0.15, 0.2) is 0 Å². The van der Waals surface area contributed by atoms with Gasteiger partial charge in [0.05, 0.1) is 6.54 Å². The number of rotatable bonds is 3. The molecule has 90 valence electrons. The fourth-order valence-electron chi connectivity index (χ4n) is 2.67. The molecule has 16 heavy (non-hydrogen) atoms. The molecule has 0 spiro atoms. The van der Waals surface area contributed by atoms with Crippen LogP contribution < -0.4 is 0 Å². The fraction of sp³-hybridized carbons (Fsp3) is 0.714. The molecule has 0 saturated carbocycles. The molecule has 0 aliphatic carbocycles. The Balaban J connectivity index is 1.86. The van der Waals surface area contributed by atoms with Gasteiger partial charge in [-0.1, -0.05) is 19.6 Å². The first-order chi connectivity index (χ1) is 7.77. The number of allylic oxidation sites excluding steroid dienone is 1. The molecule has 2 aliphatic heterocycles. The molecule has 2 aliphatic rings. The average molecular weight is 220 g/mol. The number of hydrogen-bond donors (Lipinski definition) is 0. The number of likely N-dealkylation sites (tertiary alicyclic amines) is 2. The molecule has 0 bridgehead atoms. The van der Waals surface area contributed by atoms with E-state index in [9.17, 15) is 0 Å². The Labute approximate surface area is 99.6 Å². The first-order valence-electron chi connectivity index (χ1n) is 6.63. The molecule has 0 atom stereocenters. The Hall–Kier alpha value is -0.920. The average Bonchev–Trinajstić information content (AvgIpc) is 2.73. The van der Waals surface area contributed by atoms with Gasteiger partial charge < -0.3 is 9.80 Å². The molecule has 2 nitrogen and oxygen atoms in total. The Bertz CT molecular complexity index is 264. The van der Waals surface area contributed by atoms with Gasteiger partial charge in [-0.05, 0) is 32.1 Å². The summed E-state index contributed by atoms with van der Waals surface area (Å²) in [6, 6.07) is 0.